The fourth-order valence-corrected chi connectivity index (χ4v) is 2.55. The Hall–Kier alpha value is -1.85. The first-order valence-corrected chi connectivity index (χ1v) is 7.38. The summed E-state index contributed by atoms with van der Waals surface area (Å²) < 4.78 is 1.77. The van der Waals surface area contributed by atoms with E-state index in [1.54, 1.807) is 11.6 Å². The molecule has 1 amide bonds. The van der Waals surface area contributed by atoms with Crippen LogP contribution in [0.25, 0.3) is 0 Å². The predicted molar refractivity (Wildman–Crippen MR) is 80.4 cm³/mol. The molecule has 0 aromatic carbocycles. The quantitative estimate of drug-likeness (QED) is 0.807. The summed E-state index contributed by atoms with van der Waals surface area (Å²) in [7, 11) is 0. The number of nitrogens with zero attached hydrogens (tertiary/aromatic N) is 2. The van der Waals surface area contributed by atoms with Crippen LogP contribution in [-0.2, 0) is 11.3 Å². The van der Waals surface area contributed by atoms with Gasteiger partial charge in [0.05, 0.1) is 16.7 Å². The van der Waals surface area contributed by atoms with Crippen LogP contribution in [0.1, 0.15) is 55.4 Å². The molecule has 0 saturated carbocycles. The van der Waals surface area contributed by atoms with Crippen LogP contribution in [-0.4, -0.2) is 33.3 Å². The number of aromatic nitrogens is 2. The largest absolute Gasteiger partial charge is 0.481 e. The van der Waals surface area contributed by atoms with Gasteiger partial charge in [-0.1, -0.05) is 13.8 Å². The Balaban J connectivity index is 2.92. The molecule has 0 fully saturated rings. The van der Waals surface area contributed by atoms with Crippen molar-refractivity contribution in [3.63, 3.8) is 0 Å². The van der Waals surface area contributed by atoms with Gasteiger partial charge in [-0.05, 0) is 33.6 Å². The summed E-state index contributed by atoms with van der Waals surface area (Å²) in [4.78, 5) is 23.8. The molecule has 0 unspecified atom stereocenters. The second kappa shape index (κ2) is 6.74. The number of hydrogen-bond acceptors (Lipinski definition) is 3. The minimum Gasteiger partial charge on any atom is -0.481 e. The maximum Gasteiger partial charge on any atom is 0.311 e. The number of carbonyl (C=O) groups is 2. The van der Waals surface area contributed by atoms with Gasteiger partial charge in [0, 0.05) is 18.8 Å². The van der Waals surface area contributed by atoms with Gasteiger partial charge in [-0.3, -0.25) is 14.3 Å². The number of amides is 1. The molecule has 0 aliphatic rings. The molecule has 1 aromatic rings. The second-order valence-electron chi connectivity index (χ2n) is 5.34. The third-order valence-electron chi connectivity index (χ3n) is 4.30. The number of rotatable bonds is 7. The SMILES string of the molecule is CCn1nc(C)c(C(=O)NCC(CC)(CC)C(=O)O)c1C. The minimum absolute atomic E-state index is 0.129. The molecule has 1 rings (SSSR count). The van der Waals surface area contributed by atoms with E-state index in [0.717, 1.165) is 5.69 Å². The van der Waals surface area contributed by atoms with E-state index in [2.05, 4.69) is 10.4 Å². The molecule has 118 valence electrons. The first-order chi connectivity index (χ1) is 9.82. The summed E-state index contributed by atoms with van der Waals surface area (Å²) in [6.45, 7) is 10.1. The summed E-state index contributed by atoms with van der Waals surface area (Å²) in [5.74, 6) is -1.12. The first kappa shape index (κ1) is 17.2. The number of hydrogen-bond donors (Lipinski definition) is 2. The average molecular weight is 295 g/mol. The topological polar surface area (TPSA) is 84.2 Å². The van der Waals surface area contributed by atoms with Gasteiger partial charge in [-0.2, -0.15) is 5.10 Å². The predicted octanol–water partition coefficient (Wildman–Crippen LogP) is 2.14. The van der Waals surface area contributed by atoms with Crippen LogP contribution in [0.15, 0.2) is 0 Å². The zero-order valence-electron chi connectivity index (χ0n) is 13.5. The minimum atomic E-state index is -0.905. The van der Waals surface area contributed by atoms with Crippen LogP contribution in [0.5, 0.6) is 0 Å². The van der Waals surface area contributed by atoms with Crippen LogP contribution >= 0.6 is 0 Å². The Morgan fingerprint density at radius 3 is 2.19 bits per heavy atom. The first-order valence-electron chi connectivity index (χ1n) is 7.38. The summed E-state index contributed by atoms with van der Waals surface area (Å²) >= 11 is 0. The van der Waals surface area contributed by atoms with Crippen molar-refractivity contribution in [3.05, 3.63) is 17.0 Å². The third kappa shape index (κ3) is 3.25. The lowest BCUT2D eigenvalue weighted by molar-refractivity contribution is -0.149. The molecular weight excluding hydrogens is 270 g/mol. The number of aryl methyl sites for hydroxylation is 2. The van der Waals surface area contributed by atoms with Crippen molar-refractivity contribution in [1.29, 1.82) is 0 Å². The molecule has 1 aromatic heterocycles. The van der Waals surface area contributed by atoms with Crippen molar-refractivity contribution in [2.24, 2.45) is 5.41 Å². The molecule has 6 heteroatoms. The van der Waals surface area contributed by atoms with Crippen molar-refractivity contribution in [1.82, 2.24) is 15.1 Å². The van der Waals surface area contributed by atoms with Crippen molar-refractivity contribution >= 4 is 11.9 Å². The van der Waals surface area contributed by atoms with Gasteiger partial charge in [-0.15, -0.1) is 0 Å². The van der Waals surface area contributed by atoms with Gasteiger partial charge in [0.1, 0.15) is 0 Å². The van der Waals surface area contributed by atoms with Crippen LogP contribution in [0.3, 0.4) is 0 Å². The lowest BCUT2D eigenvalue weighted by atomic mass is 9.82. The Labute approximate surface area is 125 Å². The molecule has 0 aliphatic carbocycles. The number of carboxylic acid groups (broad SMARTS) is 1. The lowest BCUT2D eigenvalue weighted by Gasteiger charge is -2.26. The summed E-state index contributed by atoms with van der Waals surface area (Å²) in [5, 5.41) is 16.5. The molecular formula is C15H25N3O3. The normalized spacial score (nSPS) is 11.5. The van der Waals surface area contributed by atoms with Crippen LogP contribution in [0, 0.1) is 19.3 Å². The van der Waals surface area contributed by atoms with E-state index in [4.69, 9.17) is 0 Å². The van der Waals surface area contributed by atoms with Crippen LogP contribution < -0.4 is 5.32 Å². The van der Waals surface area contributed by atoms with Crippen molar-refractivity contribution in [3.8, 4) is 0 Å². The summed E-state index contributed by atoms with van der Waals surface area (Å²) in [6, 6.07) is 0. The van der Waals surface area contributed by atoms with E-state index in [0.29, 0.717) is 30.6 Å². The zero-order valence-corrected chi connectivity index (χ0v) is 13.5. The standard InChI is InChI=1S/C15H25N3O3/c1-6-15(7-2,14(20)21)9-16-13(19)12-10(4)17-18(8-3)11(12)5/h6-9H2,1-5H3,(H,16,19)(H,20,21). The highest BCUT2D eigenvalue weighted by atomic mass is 16.4. The maximum atomic E-state index is 12.4. The van der Waals surface area contributed by atoms with E-state index in [1.165, 1.54) is 0 Å². The molecule has 0 aliphatic heterocycles. The molecule has 0 atom stereocenters. The van der Waals surface area contributed by atoms with E-state index in [9.17, 15) is 14.7 Å². The molecule has 0 saturated heterocycles. The van der Waals surface area contributed by atoms with Gasteiger partial charge in [0.25, 0.3) is 5.91 Å². The van der Waals surface area contributed by atoms with Crippen molar-refractivity contribution in [2.75, 3.05) is 6.54 Å². The monoisotopic (exact) mass is 295 g/mol. The highest BCUT2D eigenvalue weighted by molar-refractivity contribution is 5.96. The lowest BCUT2D eigenvalue weighted by Crippen LogP contribution is -2.42. The number of aliphatic carboxylic acids is 1. The molecule has 0 bridgehead atoms. The van der Waals surface area contributed by atoms with E-state index in [1.807, 2.05) is 27.7 Å². The fraction of sp³-hybridized carbons (Fsp3) is 0.667. The van der Waals surface area contributed by atoms with Gasteiger partial charge in [0.15, 0.2) is 0 Å². The fourth-order valence-electron chi connectivity index (χ4n) is 2.55. The molecule has 21 heavy (non-hydrogen) atoms. The Morgan fingerprint density at radius 1 is 1.24 bits per heavy atom. The maximum absolute atomic E-state index is 12.4. The number of nitrogens with one attached hydrogen (secondary N) is 1. The number of carboxylic acids is 1. The van der Waals surface area contributed by atoms with E-state index < -0.39 is 11.4 Å². The molecule has 6 nitrogen and oxygen atoms in total. The van der Waals surface area contributed by atoms with E-state index >= 15 is 0 Å². The summed E-state index contributed by atoms with van der Waals surface area (Å²) in [6.07, 6.45) is 0.955. The van der Waals surface area contributed by atoms with E-state index in [-0.39, 0.29) is 12.5 Å². The van der Waals surface area contributed by atoms with Crippen molar-refractivity contribution < 1.29 is 14.7 Å². The summed E-state index contributed by atoms with van der Waals surface area (Å²) in [5.41, 5.74) is 1.11. The second-order valence-corrected chi connectivity index (χ2v) is 5.34. The Morgan fingerprint density at radius 2 is 1.81 bits per heavy atom. The molecule has 0 radical (unpaired) electrons. The smallest absolute Gasteiger partial charge is 0.311 e. The Kier molecular flexibility index (Phi) is 5.52. The van der Waals surface area contributed by atoms with Crippen LogP contribution in [0.2, 0.25) is 0 Å². The third-order valence-corrected chi connectivity index (χ3v) is 4.30. The molecule has 0 spiro atoms. The van der Waals surface area contributed by atoms with Gasteiger partial charge in [-0.25, -0.2) is 0 Å². The molecule has 2 N–H and O–H groups in total. The van der Waals surface area contributed by atoms with Gasteiger partial charge >= 0.3 is 5.97 Å². The average Bonchev–Trinajstić information content (AvgIpc) is 2.74. The number of carbonyl (C=O) groups excluding carboxylic acids is 1. The van der Waals surface area contributed by atoms with Crippen molar-refractivity contribution in [2.45, 2.75) is 54.0 Å². The van der Waals surface area contributed by atoms with Crippen LogP contribution in [0.4, 0.5) is 0 Å². The van der Waals surface area contributed by atoms with Gasteiger partial charge in [0.2, 0.25) is 0 Å². The Bertz CT molecular complexity index is 531. The van der Waals surface area contributed by atoms with Gasteiger partial charge < -0.3 is 10.4 Å². The molecule has 1 heterocycles. The highest BCUT2D eigenvalue weighted by Gasteiger charge is 2.35. The highest BCUT2D eigenvalue weighted by Crippen LogP contribution is 2.26. The zero-order chi connectivity index (χ0) is 16.2.